The molecule has 0 atom stereocenters. The second-order valence-electron chi connectivity index (χ2n) is 6.92. The number of esters is 1. The van der Waals surface area contributed by atoms with Gasteiger partial charge in [0.2, 0.25) is 15.1 Å². The lowest BCUT2D eigenvalue weighted by molar-refractivity contribution is 0.0440. The maximum atomic E-state index is 12.6. The third kappa shape index (κ3) is 5.62. The van der Waals surface area contributed by atoms with E-state index in [2.05, 4.69) is 4.72 Å². The Morgan fingerprint density at radius 1 is 0.969 bits per heavy atom. The number of hydrogen-bond acceptors (Lipinski definition) is 7. The lowest BCUT2D eigenvalue weighted by atomic mass is 10.2. The molecular formula is C21H22N2O7S2. The van der Waals surface area contributed by atoms with Crippen LogP contribution in [0.1, 0.15) is 21.7 Å². The molecule has 0 amide bonds. The Labute approximate surface area is 186 Å². The van der Waals surface area contributed by atoms with E-state index >= 15 is 0 Å². The summed E-state index contributed by atoms with van der Waals surface area (Å²) in [5.74, 6) is -0.648. The van der Waals surface area contributed by atoms with Crippen LogP contribution in [-0.4, -0.2) is 41.2 Å². The van der Waals surface area contributed by atoms with Gasteiger partial charge in [-0.3, -0.25) is 0 Å². The van der Waals surface area contributed by atoms with Crippen LogP contribution in [0.25, 0.3) is 0 Å². The van der Waals surface area contributed by atoms with Crippen LogP contribution in [0.15, 0.2) is 81.1 Å². The van der Waals surface area contributed by atoms with Gasteiger partial charge in [-0.05, 0) is 35.9 Å². The van der Waals surface area contributed by atoms with Gasteiger partial charge in [0.15, 0.2) is 0 Å². The van der Waals surface area contributed by atoms with Crippen LogP contribution in [0.4, 0.5) is 0 Å². The number of hydrogen-bond donors (Lipinski definition) is 1. The van der Waals surface area contributed by atoms with E-state index in [0.717, 1.165) is 9.87 Å². The first-order chi connectivity index (χ1) is 15.1. The summed E-state index contributed by atoms with van der Waals surface area (Å²) in [6.07, 6.45) is 0. The molecule has 0 aliphatic heterocycles. The number of sulfonamides is 2. The Morgan fingerprint density at radius 3 is 2.38 bits per heavy atom. The highest BCUT2D eigenvalue weighted by Gasteiger charge is 2.22. The Kier molecular flexibility index (Phi) is 7.14. The molecule has 0 bridgehead atoms. The van der Waals surface area contributed by atoms with Crippen molar-refractivity contribution in [2.45, 2.75) is 23.1 Å². The van der Waals surface area contributed by atoms with Crippen molar-refractivity contribution in [3.63, 3.8) is 0 Å². The van der Waals surface area contributed by atoms with Gasteiger partial charge in [0.1, 0.15) is 12.4 Å². The SMILES string of the molecule is CN(C)S(=O)(=O)c1ccc(COC(=O)c2cccc(S(=O)(=O)NCc3ccccc3)c2)o1. The minimum Gasteiger partial charge on any atom is -0.454 e. The molecule has 0 unspecified atom stereocenters. The largest absolute Gasteiger partial charge is 0.454 e. The monoisotopic (exact) mass is 478 g/mol. The zero-order valence-corrected chi connectivity index (χ0v) is 19.0. The Morgan fingerprint density at radius 2 is 1.69 bits per heavy atom. The van der Waals surface area contributed by atoms with Crippen LogP contribution in [-0.2, 0) is 37.9 Å². The topological polar surface area (TPSA) is 123 Å². The van der Waals surface area contributed by atoms with Crippen molar-refractivity contribution >= 4 is 26.0 Å². The average Bonchev–Trinajstić information content (AvgIpc) is 3.27. The second-order valence-corrected chi connectivity index (χ2v) is 10.8. The molecule has 0 fully saturated rings. The molecule has 32 heavy (non-hydrogen) atoms. The summed E-state index contributed by atoms with van der Waals surface area (Å²) in [6.45, 7) is -0.209. The summed E-state index contributed by atoms with van der Waals surface area (Å²) >= 11 is 0. The summed E-state index contributed by atoms with van der Waals surface area (Å²) in [4.78, 5) is 12.3. The molecular weight excluding hydrogens is 456 g/mol. The minimum atomic E-state index is -3.85. The Bertz CT molecular complexity index is 1300. The van der Waals surface area contributed by atoms with Crippen LogP contribution < -0.4 is 4.72 Å². The fourth-order valence-electron chi connectivity index (χ4n) is 2.62. The highest BCUT2D eigenvalue weighted by atomic mass is 32.2. The van der Waals surface area contributed by atoms with E-state index in [1.165, 1.54) is 50.5 Å². The van der Waals surface area contributed by atoms with E-state index in [9.17, 15) is 21.6 Å². The molecule has 0 aliphatic rings. The fourth-order valence-corrected chi connectivity index (χ4v) is 4.50. The number of nitrogens with one attached hydrogen (secondary N) is 1. The average molecular weight is 479 g/mol. The predicted octanol–water partition coefficient (Wildman–Crippen LogP) is 2.37. The van der Waals surface area contributed by atoms with Crippen molar-refractivity contribution in [3.05, 3.63) is 83.6 Å². The lowest BCUT2D eigenvalue weighted by Gasteiger charge is -2.09. The van der Waals surface area contributed by atoms with Crippen molar-refractivity contribution in [1.82, 2.24) is 9.03 Å². The van der Waals surface area contributed by atoms with Gasteiger partial charge in [0, 0.05) is 20.6 Å². The third-order valence-corrected chi connectivity index (χ3v) is 7.49. The van der Waals surface area contributed by atoms with Gasteiger partial charge < -0.3 is 9.15 Å². The van der Waals surface area contributed by atoms with E-state index in [-0.39, 0.29) is 34.5 Å². The predicted molar refractivity (Wildman–Crippen MR) is 116 cm³/mol. The molecule has 1 aromatic heterocycles. The van der Waals surface area contributed by atoms with E-state index in [4.69, 9.17) is 9.15 Å². The quantitative estimate of drug-likeness (QED) is 0.468. The number of furan rings is 1. The molecule has 2 aromatic carbocycles. The van der Waals surface area contributed by atoms with Gasteiger partial charge in [-0.25, -0.2) is 30.7 Å². The summed E-state index contributed by atoms with van der Waals surface area (Å²) < 4.78 is 63.1. The number of ether oxygens (including phenoxy) is 1. The molecule has 3 rings (SSSR count). The van der Waals surface area contributed by atoms with Gasteiger partial charge in [0.05, 0.1) is 10.5 Å². The molecule has 0 spiro atoms. The molecule has 0 saturated carbocycles. The van der Waals surface area contributed by atoms with Crippen LogP contribution in [0.2, 0.25) is 0 Å². The maximum Gasteiger partial charge on any atom is 0.338 e. The van der Waals surface area contributed by atoms with Gasteiger partial charge in [-0.1, -0.05) is 36.4 Å². The smallest absolute Gasteiger partial charge is 0.338 e. The summed E-state index contributed by atoms with van der Waals surface area (Å²) in [5.41, 5.74) is 0.820. The van der Waals surface area contributed by atoms with E-state index < -0.39 is 26.0 Å². The molecule has 3 aromatic rings. The van der Waals surface area contributed by atoms with Crippen LogP contribution >= 0.6 is 0 Å². The van der Waals surface area contributed by atoms with E-state index in [1.54, 1.807) is 24.3 Å². The van der Waals surface area contributed by atoms with Gasteiger partial charge >= 0.3 is 5.97 Å². The zero-order chi connectivity index (χ0) is 23.4. The highest BCUT2D eigenvalue weighted by molar-refractivity contribution is 7.89. The zero-order valence-electron chi connectivity index (χ0n) is 17.4. The molecule has 1 N–H and O–H groups in total. The first kappa shape index (κ1) is 23.7. The van der Waals surface area contributed by atoms with E-state index in [1.807, 2.05) is 6.07 Å². The minimum absolute atomic E-state index is 0.0280. The summed E-state index contributed by atoms with van der Waals surface area (Å²) in [5, 5.41) is -0.272. The van der Waals surface area contributed by atoms with Crippen LogP contribution in [0.3, 0.4) is 0 Å². The molecule has 170 valence electrons. The second kappa shape index (κ2) is 9.65. The van der Waals surface area contributed by atoms with Crippen LogP contribution in [0, 0.1) is 0 Å². The lowest BCUT2D eigenvalue weighted by Crippen LogP contribution is -2.23. The number of benzene rings is 2. The molecule has 1 heterocycles. The number of carbonyl (C=O) groups excluding carboxylic acids is 1. The Hall–Kier alpha value is -2.99. The van der Waals surface area contributed by atoms with Crippen LogP contribution in [0.5, 0.6) is 0 Å². The van der Waals surface area contributed by atoms with Crippen molar-refractivity contribution < 1.29 is 30.8 Å². The third-order valence-electron chi connectivity index (χ3n) is 4.41. The van der Waals surface area contributed by atoms with Crippen molar-refractivity contribution in [2.75, 3.05) is 14.1 Å². The van der Waals surface area contributed by atoms with Crippen molar-refractivity contribution in [2.24, 2.45) is 0 Å². The highest BCUT2D eigenvalue weighted by Crippen LogP contribution is 2.18. The number of carbonyl (C=O) groups is 1. The van der Waals surface area contributed by atoms with Crippen molar-refractivity contribution in [1.29, 1.82) is 0 Å². The fraction of sp³-hybridized carbons (Fsp3) is 0.190. The summed E-state index contributed by atoms with van der Waals surface area (Å²) in [7, 11) is -4.86. The van der Waals surface area contributed by atoms with Crippen molar-refractivity contribution in [3.8, 4) is 0 Å². The van der Waals surface area contributed by atoms with Gasteiger partial charge in [0.25, 0.3) is 10.0 Å². The normalized spacial score (nSPS) is 12.1. The van der Waals surface area contributed by atoms with Gasteiger partial charge in [-0.2, -0.15) is 0 Å². The standard InChI is InChI=1S/C21H22N2O7S2/c1-23(2)32(27,28)20-12-11-18(30-20)15-29-21(24)17-9-6-10-19(13-17)31(25,26)22-14-16-7-4-3-5-8-16/h3-13,22H,14-15H2,1-2H3. The molecule has 9 nitrogen and oxygen atoms in total. The number of nitrogens with zero attached hydrogens (tertiary/aromatic N) is 1. The molecule has 0 saturated heterocycles. The first-order valence-corrected chi connectivity index (χ1v) is 12.3. The Balaban J connectivity index is 1.66. The maximum absolute atomic E-state index is 12.6. The molecule has 11 heteroatoms. The molecule has 0 radical (unpaired) electrons. The summed E-state index contributed by atoms with van der Waals surface area (Å²) in [6, 6.07) is 17.1. The number of rotatable bonds is 9. The first-order valence-electron chi connectivity index (χ1n) is 9.41. The van der Waals surface area contributed by atoms with Gasteiger partial charge in [-0.15, -0.1) is 0 Å². The molecule has 0 aliphatic carbocycles. The van der Waals surface area contributed by atoms with E-state index in [0.29, 0.717) is 0 Å².